The second kappa shape index (κ2) is 8.16. The van der Waals surface area contributed by atoms with Gasteiger partial charge in [0.25, 0.3) is 5.56 Å². The molecule has 5 rings (SSSR count). The lowest BCUT2D eigenvalue weighted by Crippen LogP contribution is -2.11. The zero-order valence-corrected chi connectivity index (χ0v) is 17.0. The van der Waals surface area contributed by atoms with Gasteiger partial charge in [-0.1, -0.05) is 54.2 Å². The molecule has 0 aliphatic rings. The van der Waals surface area contributed by atoms with Crippen LogP contribution in [0, 0.1) is 5.82 Å². The predicted octanol–water partition coefficient (Wildman–Crippen LogP) is 4.60. The van der Waals surface area contributed by atoms with Crippen molar-refractivity contribution in [2.75, 3.05) is 0 Å². The number of aromatic amines is 1. The molecule has 0 atom stereocenters. The van der Waals surface area contributed by atoms with Crippen molar-refractivity contribution in [3.05, 3.63) is 101 Å². The third-order valence-corrected chi connectivity index (χ3v) is 5.70. The lowest BCUT2D eigenvalue weighted by Gasteiger charge is -2.10. The van der Waals surface area contributed by atoms with Crippen LogP contribution in [0.4, 0.5) is 4.39 Å². The molecule has 0 saturated heterocycles. The van der Waals surface area contributed by atoms with Gasteiger partial charge in [-0.2, -0.15) is 0 Å². The summed E-state index contributed by atoms with van der Waals surface area (Å²) in [6.45, 7) is 0. The highest BCUT2D eigenvalue weighted by Crippen LogP contribution is 2.30. The Morgan fingerprint density at radius 2 is 1.65 bits per heavy atom. The second-order valence-electron chi connectivity index (χ2n) is 6.78. The zero-order chi connectivity index (χ0) is 21.2. The van der Waals surface area contributed by atoms with Gasteiger partial charge in [0.15, 0.2) is 11.0 Å². The van der Waals surface area contributed by atoms with Crippen molar-refractivity contribution in [1.29, 1.82) is 0 Å². The number of fused-ring (bicyclic) bond motifs is 1. The van der Waals surface area contributed by atoms with Crippen LogP contribution < -0.4 is 5.56 Å². The standard InChI is InChI=1S/C23H16FN5OS/c24-18-12-6-4-10-16(18)21-27-28-23(29(21)15-8-2-1-3-9-15)31-14-20-25-19-13-7-5-11-17(19)22(30)26-20/h1-13H,14H2,(H,25,26,30). The fraction of sp³-hybridized carbons (Fsp3) is 0.0435. The maximum Gasteiger partial charge on any atom is 0.258 e. The Labute approximate surface area is 180 Å². The van der Waals surface area contributed by atoms with Gasteiger partial charge in [-0.25, -0.2) is 9.37 Å². The Kier molecular flexibility index (Phi) is 5.05. The molecule has 0 aliphatic heterocycles. The van der Waals surface area contributed by atoms with Crippen molar-refractivity contribution in [3.8, 4) is 17.1 Å². The maximum absolute atomic E-state index is 14.5. The number of nitrogens with one attached hydrogen (secondary N) is 1. The van der Waals surface area contributed by atoms with Crippen molar-refractivity contribution in [3.63, 3.8) is 0 Å². The van der Waals surface area contributed by atoms with E-state index in [-0.39, 0.29) is 11.4 Å². The van der Waals surface area contributed by atoms with E-state index in [1.807, 2.05) is 47.0 Å². The van der Waals surface area contributed by atoms with Crippen LogP contribution in [-0.2, 0) is 5.75 Å². The van der Waals surface area contributed by atoms with Crippen LogP contribution in [0.5, 0.6) is 0 Å². The Balaban J connectivity index is 1.54. The van der Waals surface area contributed by atoms with Crippen molar-refractivity contribution in [1.82, 2.24) is 24.7 Å². The zero-order valence-electron chi connectivity index (χ0n) is 16.2. The van der Waals surface area contributed by atoms with Gasteiger partial charge in [-0.3, -0.25) is 9.36 Å². The average molecular weight is 429 g/mol. The van der Waals surface area contributed by atoms with Crippen LogP contribution in [0.1, 0.15) is 5.82 Å². The molecule has 0 bridgehead atoms. The quantitative estimate of drug-likeness (QED) is 0.413. The third kappa shape index (κ3) is 3.73. The number of rotatable bonds is 5. The highest BCUT2D eigenvalue weighted by Gasteiger charge is 2.19. The first-order valence-corrected chi connectivity index (χ1v) is 10.6. The third-order valence-electron chi connectivity index (χ3n) is 4.76. The monoisotopic (exact) mass is 429 g/mol. The van der Waals surface area contributed by atoms with Gasteiger partial charge in [0.2, 0.25) is 0 Å². The smallest absolute Gasteiger partial charge is 0.258 e. The van der Waals surface area contributed by atoms with Gasteiger partial charge < -0.3 is 4.98 Å². The molecule has 31 heavy (non-hydrogen) atoms. The fourth-order valence-electron chi connectivity index (χ4n) is 3.33. The van der Waals surface area contributed by atoms with E-state index in [9.17, 15) is 9.18 Å². The summed E-state index contributed by atoms with van der Waals surface area (Å²) in [5.74, 6) is 0.946. The molecule has 0 aliphatic carbocycles. The van der Waals surface area contributed by atoms with E-state index >= 15 is 0 Å². The number of hydrogen-bond acceptors (Lipinski definition) is 5. The summed E-state index contributed by atoms with van der Waals surface area (Å²) in [6.07, 6.45) is 0. The van der Waals surface area contributed by atoms with Crippen molar-refractivity contribution >= 4 is 22.7 Å². The minimum Gasteiger partial charge on any atom is -0.309 e. The average Bonchev–Trinajstić information content (AvgIpc) is 3.22. The van der Waals surface area contributed by atoms with Crippen molar-refractivity contribution < 1.29 is 4.39 Å². The number of thioether (sulfide) groups is 1. The van der Waals surface area contributed by atoms with Gasteiger partial charge in [0.05, 0.1) is 22.2 Å². The number of nitrogens with zero attached hydrogens (tertiary/aromatic N) is 4. The van der Waals surface area contributed by atoms with E-state index in [1.165, 1.54) is 17.8 Å². The Morgan fingerprint density at radius 3 is 2.48 bits per heavy atom. The van der Waals surface area contributed by atoms with Crippen LogP contribution in [0.2, 0.25) is 0 Å². The molecule has 152 valence electrons. The Hall–Kier alpha value is -3.78. The lowest BCUT2D eigenvalue weighted by atomic mass is 10.2. The topological polar surface area (TPSA) is 76.5 Å². The summed E-state index contributed by atoms with van der Waals surface area (Å²) in [6, 6.07) is 23.2. The molecule has 0 fully saturated rings. The maximum atomic E-state index is 14.5. The molecule has 0 spiro atoms. The van der Waals surface area contributed by atoms with Crippen LogP contribution >= 0.6 is 11.8 Å². The summed E-state index contributed by atoms with van der Waals surface area (Å²) in [5.41, 5.74) is 1.63. The molecule has 5 aromatic rings. The Bertz CT molecular complexity index is 1430. The van der Waals surface area contributed by atoms with Gasteiger partial charge in [0, 0.05) is 5.69 Å². The minimum atomic E-state index is -0.371. The summed E-state index contributed by atoms with van der Waals surface area (Å²) in [4.78, 5) is 19.7. The van der Waals surface area contributed by atoms with Crippen LogP contribution in [0.3, 0.4) is 0 Å². The summed E-state index contributed by atoms with van der Waals surface area (Å²) in [7, 11) is 0. The molecule has 6 nitrogen and oxygen atoms in total. The lowest BCUT2D eigenvalue weighted by molar-refractivity contribution is 0.629. The summed E-state index contributed by atoms with van der Waals surface area (Å²) in [5, 5.41) is 9.68. The molecule has 2 aromatic heterocycles. The fourth-order valence-corrected chi connectivity index (χ4v) is 4.15. The molecule has 1 N–H and O–H groups in total. The molecule has 0 unspecified atom stereocenters. The van der Waals surface area contributed by atoms with Crippen LogP contribution in [0.15, 0.2) is 88.8 Å². The first-order valence-electron chi connectivity index (χ1n) is 9.57. The van der Waals surface area contributed by atoms with E-state index in [1.54, 1.807) is 30.3 Å². The molecule has 0 amide bonds. The van der Waals surface area contributed by atoms with Gasteiger partial charge >= 0.3 is 0 Å². The molecule has 8 heteroatoms. The van der Waals surface area contributed by atoms with Gasteiger partial charge in [-0.15, -0.1) is 10.2 Å². The van der Waals surface area contributed by atoms with Crippen molar-refractivity contribution in [2.24, 2.45) is 0 Å². The van der Waals surface area contributed by atoms with Crippen molar-refractivity contribution in [2.45, 2.75) is 10.9 Å². The number of halogens is 1. The van der Waals surface area contributed by atoms with E-state index in [2.05, 4.69) is 20.2 Å². The molecular weight excluding hydrogens is 413 g/mol. The second-order valence-corrected chi connectivity index (χ2v) is 7.72. The van der Waals surface area contributed by atoms with E-state index in [0.717, 1.165) is 5.69 Å². The molecular formula is C23H16FN5OS. The highest BCUT2D eigenvalue weighted by molar-refractivity contribution is 7.98. The SMILES string of the molecule is O=c1[nH]c(CSc2nnc(-c3ccccc3F)n2-c2ccccc2)nc2ccccc12. The number of para-hydroxylation sites is 2. The minimum absolute atomic E-state index is 0.183. The van der Waals surface area contributed by atoms with Gasteiger partial charge in [0.1, 0.15) is 11.6 Å². The number of aromatic nitrogens is 5. The molecule has 3 aromatic carbocycles. The normalized spacial score (nSPS) is 11.1. The first-order chi connectivity index (χ1) is 15.2. The largest absolute Gasteiger partial charge is 0.309 e. The number of H-pyrrole nitrogens is 1. The first kappa shape index (κ1) is 19.2. The molecule has 0 radical (unpaired) electrons. The molecule has 0 saturated carbocycles. The summed E-state index contributed by atoms with van der Waals surface area (Å²) >= 11 is 1.37. The Morgan fingerprint density at radius 1 is 0.903 bits per heavy atom. The van der Waals surface area contributed by atoms with E-state index in [0.29, 0.717) is 39.0 Å². The highest BCUT2D eigenvalue weighted by atomic mass is 32.2. The summed E-state index contributed by atoms with van der Waals surface area (Å²) < 4.78 is 16.3. The van der Waals surface area contributed by atoms with E-state index in [4.69, 9.17) is 0 Å². The molecule has 2 heterocycles. The number of benzene rings is 3. The number of hydrogen-bond donors (Lipinski definition) is 1. The predicted molar refractivity (Wildman–Crippen MR) is 119 cm³/mol. The van der Waals surface area contributed by atoms with Crippen LogP contribution in [0.25, 0.3) is 28.0 Å². The van der Waals surface area contributed by atoms with E-state index < -0.39 is 0 Å². The van der Waals surface area contributed by atoms with Gasteiger partial charge in [-0.05, 0) is 36.4 Å². The van der Waals surface area contributed by atoms with Crippen LogP contribution in [-0.4, -0.2) is 24.7 Å².